The summed E-state index contributed by atoms with van der Waals surface area (Å²) in [5, 5.41) is 2.98. The molecule has 2 amide bonds. The number of rotatable bonds is 4. The summed E-state index contributed by atoms with van der Waals surface area (Å²) in [6.07, 6.45) is 2.47. The lowest BCUT2D eigenvalue weighted by molar-refractivity contribution is 0.187. The Hall–Kier alpha value is -2.41. The van der Waals surface area contributed by atoms with E-state index in [2.05, 4.69) is 22.1 Å². The Kier molecular flexibility index (Phi) is 5.03. The minimum atomic E-state index is -0.257. The van der Waals surface area contributed by atoms with Crippen molar-refractivity contribution in [2.45, 2.75) is 25.9 Å². The summed E-state index contributed by atoms with van der Waals surface area (Å²) in [5.74, 6) is -0.257. The van der Waals surface area contributed by atoms with Gasteiger partial charge in [-0.05, 0) is 45.3 Å². The Morgan fingerprint density at radius 1 is 1.36 bits per heavy atom. The Bertz CT molecular complexity index is 740. The zero-order valence-electron chi connectivity index (χ0n) is 14.9. The molecule has 2 aromatic rings. The number of carbonyl (C=O) groups is 1. The first-order chi connectivity index (χ1) is 12.0. The molecule has 0 unspecified atom stereocenters. The summed E-state index contributed by atoms with van der Waals surface area (Å²) in [7, 11) is 3.98. The molecule has 25 heavy (non-hydrogen) atoms. The van der Waals surface area contributed by atoms with E-state index in [9.17, 15) is 9.18 Å². The number of urea groups is 1. The zero-order chi connectivity index (χ0) is 18.0. The number of amides is 2. The Morgan fingerprint density at radius 3 is 2.76 bits per heavy atom. The summed E-state index contributed by atoms with van der Waals surface area (Å²) in [4.78, 5) is 20.7. The minimum absolute atomic E-state index is 0.0596. The van der Waals surface area contributed by atoms with E-state index in [1.54, 1.807) is 23.4 Å². The first kappa shape index (κ1) is 17.4. The van der Waals surface area contributed by atoms with Crippen molar-refractivity contribution in [2.24, 2.45) is 0 Å². The maximum atomic E-state index is 13.1. The molecule has 0 saturated heterocycles. The van der Waals surface area contributed by atoms with Crippen molar-refractivity contribution >= 4 is 6.03 Å². The van der Waals surface area contributed by atoms with Crippen molar-refractivity contribution in [1.82, 2.24) is 24.7 Å². The molecular formula is C18H24FN5O. The van der Waals surface area contributed by atoms with Gasteiger partial charge in [0.2, 0.25) is 0 Å². The van der Waals surface area contributed by atoms with Gasteiger partial charge in [0, 0.05) is 36.9 Å². The molecule has 0 saturated carbocycles. The van der Waals surface area contributed by atoms with E-state index in [4.69, 9.17) is 0 Å². The Morgan fingerprint density at radius 2 is 2.08 bits per heavy atom. The first-order valence-corrected chi connectivity index (χ1v) is 8.46. The maximum absolute atomic E-state index is 13.1. The number of halogens is 1. The van der Waals surface area contributed by atoms with E-state index in [0.717, 1.165) is 23.5 Å². The van der Waals surface area contributed by atoms with Crippen LogP contribution in [0.25, 0.3) is 5.69 Å². The second kappa shape index (κ2) is 7.23. The molecule has 3 rings (SSSR count). The fourth-order valence-corrected chi connectivity index (χ4v) is 2.84. The van der Waals surface area contributed by atoms with Crippen molar-refractivity contribution in [3.05, 3.63) is 47.8 Å². The summed E-state index contributed by atoms with van der Waals surface area (Å²) >= 11 is 0. The number of benzene rings is 1. The molecule has 0 aliphatic carbocycles. The smallest absolute Gasteiger partial charge is 0.317 e. The molecule has 2 heterocycles. The molecule has 1 aliphatic rings. The van der Waals surface area contributed by atoms with Crippen LogP contribution in [0.4, 0.5) is 9.18 Å². The molecule has 0 bridgehead atoms. The topological polar surface area (TPSA) is 53.4 Å². The maximum Gasteiger partial charge on any atom is 0.317 e. The summed E-state index contributed by atoms with van der Waals surface area (Å²) in [5.41, 5.74) is 2.86. The van der Waals surface area contributed by atoms with E-state index in [1.165, 1.54) is 12.1 Å². The number of nitrogens with one attached hydrogen (secondary N) is 1. The molecule has 0 radical (unpaired) electrons. The SMILES string of the molecule is C[C@@H](CNC(=O)N1CCc2c(ncn2-c2ccc(F)cc2)C1)N(C)C. The number of likely N-dealkylation sites (N-methyl/N-ethyl adjacent to an activating group) is 1. The molecule has 134 valence electrons. The van der Waals surface area contributed by atoms with Gasteiger partial charge in [0.25, 0.3) is 0 Å². The first-order valence-electron chi connectivity index (χ1n) is 8.46. The lowest BCUT2D eigenvalue weighted by Crippen LogP contribution is -2.46. The highest BCUT2D eigenvalue weighted by Crippen LogP contribution is 2.21. The highest BCUT2D eigenvalue weighted by molar-refractivity contribution is 5.74. The normalized spacial score (nSPS) is 15.2. The van der Waals surface area contributed by atoms with Gasteiger partial charge in [0.05, 0.1) is 18.6 Å². The average molecular weight is 345 g/mol. The number of fused-ring (bicyclic) bond motifs is 1. The molecule has 7 heteroatoms. The van der Waals surface area contributed by atoms with Crippen LogP contribution >= 0.6 is 0 Å². The number of nitrogens with zero attached hydrogens (tertiary/aromatic N) is 4. The van der Waals surface area contributed by atoms with E-state index in [-0.39, 0.29) is 17.9 Å². The van der Waals surface area contributed by atoms with Gasteiger partial charge < -0.3 is 19.7 Å². The van der Waals surface area contributed by atoms with Gasteiger partial charge in [-0.1, -0.05) is 0 Å². The second-order valence-corrected chi connectivity index (χ2v) is 6.65. The van der Waals surface area contributed by atoms with E-state index in [0.29, 0.717) is 19.6 Å². The second-order valence-electron chi connectivity index (χ2n) is 6.65. The van der Waals surface area contributed by atoms with Crippen LogP contribution in [0, 0.1) is 5.82 Å². The van der Waals surface area contributed by atoms with E-state index >= 15 is 0 Å². The van der Waals surface area contributed by atoms with Gasteiger partial charge in [0.15, 0.2) is 0 Å². The molecule has 1 aliphatic heterocycles. The van der Waals surface area contributed by atoms with Gasteiger partial charge in [-0.2, -0.15) is 0 Å². The van der Waals surface area contributed by atoms with Crippen LogP contribution in [-0.2, 0) is 13.0 Å². The summed E-state index contributed by atoms with van der Waals surface area (Å²) in [6.45, 7) is 3.81. The lowest BCUT2D eigenvalue weighted by Gasteiger charge is -2.28. The molecule has 0 spiro atoms. The number of aromatic nitrogens is 2. The largest absolute Gasteiger partial charge is 0.336 e. The van der Waals surface area contributed by atoms with Crippen LogP contribution in [0.1, 0.15) is 18.3 Å². The van der Waals surface area contributed by atoms with Crippen molar-refractivity contribution in [2.75, 3.05) is 27.2 Å². The zero-order valence-corrected chi connectivity index (χ0v) is 14.9. The predicted molar refractivity (Wildman–Crippen MR) is 94.2 cm³/mol. The third-order valence-electron chi connectivity index (χ3n) is 4.73. The van der Waals surface area contributed by atoms with Gasteiger partial charge in [-0.25, -0.2) is 14.2 Å². The molecule has 6 nitrogen and oxygen atoms in total. The monoisotopic (exact) mass is 345 g/mol. The minimum Gasteiger partial charge on any atom is -0.336 e. The fourth-order valence-electron chi connectivity index (χ4n) is 2.84. The van der Waals surface area contributed by atoms with Crippen LogP contribution in [0.5, 0.6) is 0 Å². The number of hydrogen-bond acceptors (Lipinski definition) is 3. The van der Waals surface area contributed by atoms with Gasteiger partial charge in [-0.3, -0.25) is 0 Å². The molecule has 1 aromatic heterocycles. The van der Waals surface area contributed by atoms with Crippen LogP contribution in [-0.4, -0.2) is 58.6 Å². The van der Waals surface area contributed by atoms with E-state index < -0.39 is 0 Å². The number of imidazole rings is 1. The van der Waals surface area contributed by atoms with Crippen molar-refractivity contribution in [3.8, 4) is 5.69 Å². The lowest BCUT2D eigenvalue weighted by atomic mass is 10.1. The standard InChI is InChI=1S/C18H24FN5O/c1-13(22(2)3)10-20-18(25)23-9-8-17-16(11-23)21-12-24(17)15-6-4-14(19)5-7-15/h4-7,12-13H,8-11H2,1-3H3,(H,20,25)/t13-/m0/s1. The summed E-state index contributed by atoms with van der Waals surface area (Å²) < 4.78 is 15.1. The van der Waals surface area contributed by atoms with Gasteiger partial charge in [0.1, 0.15) is 5.82 Å². The number of hydrogen-bond donors (Lipinski definition) is 1. The molecule has 1 N–H and O–H groups in total. The van der Waals surface area contributed by atoms with Gasteiger partial charge >= 0.3 is 6.03 Å². The predicted octanol–water partition coefficient (Wildman–Crippen LogP) is 2.03. The Labute approximate surface area is 147 Å². The Balaban J connectivity index is 1.67. The number of carbonyl (C=O) groups excluding carboxylic acids is 1. The summed E-state index contributed by atoms with van der Waals surface area (Å²) in [6, 6.07) is 6.57. The van der Waals surface area contributed by atoms with Crippen LogP contribution in [0.3, 0.4) is 0 Å². The fraction of sp³-hybridized carbons (Fsp3) is 0.444. The molecule has 1 atom stereocenters. The average Bonchev–Trinajstić information content (AvgIpc) is 3.03. The van der Waals surface area contributed by atoms with Crippen molar-refractivity contribution in [3.63, 3.8) is 0 Å². The van der Waals surface area contributed by atoms with Crippen molar-refractivity contribution in [1.29, 1.82) is 0 Å². The van der Waals surface area contributed by atoms with Crippen LogP contribution in [0.2, 0.25) is 0 Å². The molecule has 1 aromatic carbocycles. The quantitative estimate of drug-likeness (QED) is 0.922. The van der Waals surface area contributed by atoms with E-state index in [1.807, 2.05) is 18.7 Å². The highest BCUT2D eigenvalue weighted by Gasteiger charge is 2.25. The highest BCUT2D eigenvalue weighted by atomic mass is 19.1. The third kappa shape index (κ3) is 3.82. The van der Waals surface area contributed by atoms with Crippen LogP contribution in [0.15, 0.2) is 30.6 Å². The van der Waals surface area contributed by atoms with Crippen LogP contribution < -0.4 is 5.32 Å². The van der Waals surface area contributed by atoms with Gasteiger partial charge in [-0.15, -0.1) is 0 Å². The van der Waals surface area contributed by atoms with Crippen molar-refractivity contribution < 1.29 is 9.18 Å². The third-order valence-corrected chi connectivity index (χ3v) is 4.73. The molecule has 0 fully saturated rings. The molecular weight excluding hydrogens is 321 g/mol.